The summed E-state index contributed by atoms with van der Waals surface area (Å²) in [6, 6.07) is 12.7. The van der Waals surface area contributed by atoms with Gasteiger partial charge in [0, 0.05) is 30.8 Å². The normalized spacial score (nSPS) is 13.7. The molecular weight excluding hydrogens is 758 g/mol. The van der Waals surface area contributed by atoms with Crippen molar-refractivity contribution in [1.82, 2.24) is 0 Å². The highest BCUT2D eigenvalue weighted by Gasteiger charge is 2.24. The van der Waals surface area contributed by atoms with E-state index in [1.165, 1.54) is 45.6 Å². The Morgan fingerprint density at radius 1 is 0.759 bits per heavy atom. The summed E-state index contributed by atoms with van der Waals surface area (Å²) >= 11 is 0. The molecule has 1 heterocycles. The van der Waals surface area contributed by atoms with Gasteiger partial charge >= 0.3 is 23.9 Å². The lowest BCUT2D eigenvalue weighted by Gasteiger charge is -2.27. The maximum Gasteiger partial charge on any atom is 0.344 e. The maximum atomic E-state index is 12.8. The number of methoxy groups -OCH3 is 3. The number of esters is 4. The third-order valence-corrected chi connectivity index (χ3v) is 8.45. The molecule has 3 aromatic rings. The Kier molecular flexibility index (Phi) is 15.8. The first-order valence-corrected chi connectivity index (χ1v) is 18.3. The summed E-state index contributed by atoms with van der Waals surface area (Å²) in [7, 11) is 3.75. The molecule has 312 valence electrons. The van der Waals surface area contributed by atoms with Crippen molar-refractivity contribution in [3.05, 3.63) is 80.9 Å². The number of carbonyl (C=O) groups is 4. The number of carbonyl (C=O) groups excluding carboxylic acids is 4. The molecule has 0 aromatic heterocycles. The van der Waals surface area contributed by atoms with Crippen LogP contribution in [0.2, 0.25) is 0 Å². The highest BCUT2D eigenvalue weighted by atomic mass is 16.6. The smallest absolute Gasteiger partial charge is 0.344 e. The lowest BCUT2D eigenvalue weighted by atomic mass is 10.1. The van der Waals surface area contributed by atoms with Crippen molar-refractivity contribution in [2.75, 3.05) is 90.3 Å². The van der Waals surface area contributed by atoms with Gasteiger partial charge in [-0.3, -0.25) is 19.7 Å². The van der Waals surface area contributed by atoms with Crippen LogP contribution in [0.3, 0.4) is 0 Å². The third kappa shape index (κ3) is 12.8. The van der Waals surface area contributed by atoms with E-state index in [0.717, 1.165) is 11.6 Å². The first-order valence-electron chi connectivity index (χ1n) is 18.3. The van der Waals surface area contributed by atoms with E-state index in [-0.39, 0.29) is 74.4 Å². The highest BCUT2D eigenvalue weighted by molar-refractivity contribution is 5.91. The summed E-state index contributed by atoms with van der Waals surface area (Å²) < 4.78 is 44.7. The lowest BCUT2D eigenvalue weighted by Crippen LogP contribution is -2.36. The average Bonchev–Trinajstić information content (AvgIpc) is 3.18. The van der Waals surface area contributed by atoms with Crippen LogP contribution in [0.5, 0.6) is 17.2 Å². The van der Waals surface area contributed by atoms with Gasteiger partial charge in [-0.15, -0.1) is 0 Å². The van der Waals surface area contributed by atoms with Crippen LogP contribution in [0.15, 0.2) is 48.5 Å². The molecule has 0 unspecified atom stereocenters. The molecule has 0 atom stereocenters. The zero-order valence-corrected chi connectivity index (χ0v) is 33.7. The van der Waals surface area contributed by atoms with Gasteiger partial charge in [-0.1, -0.05) is 12.1 Å². The van der Waals surface area contributed by atoms with Crippen LogP contribution in [0.25, 0.3) is 12.2 Å². The summed E-state index contributed by atoms with van der Waals surface area (Å²) in [5.41, 5.74) is 1.27. The number of nitrogens with zero attached hydrogens (tertiary/aromatic N) is 3. The first kappa shape index (κ1) is 44.4. The van der Waals surface area contributed by atoms with Crippen molar-refractivity contribution in [1.29, 1.82) is 0 Å². The van der Waals surface area contributed by atoms with Crippen molar-refractivity contribution in [2.45, 2.75) is 33.3 Å². The second kappa shape index (κ2) is 20.7. The third-order valence-electron chi connectivity index (χ3n) is 8.45. The monoisotopic (exact) mass is 807 g/mol. The number of anilines is 2. The van der Waals surface area contributed by atoms with Gasteiger partial charge in [0.1, 0.15) is 49.2 Å². The Morgan fingerprint density at radius 2 is 1.36 bits per heavy atom. The van der Waals surface area contributed by atoms with Crippen LogP contribution in [-0.4, -0.2) is 115 Å². The number of nitro benzene ring substituents is 1. The fraction of sp³-hybridized carbons (Fsp3) is 0.415. The zero-order valence-electron chi connectivity index (χ0n) is 33.7. The van der Waals surface area contributed by atoms with Crippen LogP contribution < -0.4 is 24.0 Å². The number of ether oxygens (including phenoxy) is 8. The largest absolute Gasteiger partial charge is 0.488 e. The van der Waals surface area contributed by atoms with E-state index in [9.17, 15) is 29.3 Å². The van der Waals surface area contributed by atoms with Gasteiger partial charge in [-0.05, 0) is 69.7 Å². The molecule has 3 aromatic carbocycles. The predicted molar refractivity (Wildman–Crippen MR) is 213 cm³/mol. The Labute approximate surface area is 336 Å². The fourth-order valence-electron chi connectivity index (χ4n) is 5.72. The molecule has 0 N–H and O–H groups in total. The number of fused-ring (bicyclic) bond motifs is 2. The van der Waals surface area contributed by atoms with Gasteiger partial charge in [0.25, 0.3) is 5.69 Å². The van der Waals surface area contributed by atoms with Crippen molar-refractivity contribution in [3.8, 4) is 17.2 Å². The van der Waals surface area contributed by atoms with Crippen molar-refractivity contribution in [3.63, 3.8) is 0 Å². The molecule has 58 heavy (non-hydrogen) atoms. The SMILES string of the molecule is COC(=O)CN1CCOCCN(CC(=O)OC)c2cc(OCC(=O)OC(C)(C)C)c(C=Cc3ccc(C(=O)OC)cc3[N+](=O)[O-])cc2OCCOc2cc(C)ccc21. The molecule has 0 saturated carbocycles. The van der Waals surface area contributed by atoms with Crippen LogP contribution in [0, 0.1) is 17.0 Å². The predicted octanol–water partition coefficient (Wildman–Crippen LogP) is 5.03. The van der Waals surface area contributed by atoms with E-state index in [2.05, 4.69) is 0 Å². The lowest BCUT2D eigenvalue weighted by molar-refractivity contribution is -0.385. The number of benzene rings is 3. The number of hydrogen-bond donors (Lipinski definition) is 0. The quantitative estimate of drug-likeness (QED) is 0.0823. The molecule has 0 fully saturated rings. The van der Waals surface area contributed by atoms with Crippen LogP contribution in [-0.2, 0) is 38.1 Å². The minimum atomic E-state index is -0.794. The fourth-order valence-corrected chi connectivity index (χ4v) is 5.72. The molecular formula is C41H49N3O14. The second-order valence-corrected chi connectivity index (χ2v) is 13.9. The van der Waals surface area contributed by atoms with E-state index >= 15 is 0 Å². The molecule has 17 nitrogen and oxygen atoms in total. The molecule has 0 amide bonds. The van der Waals surface area contributed by atoms with Gasteiger partial charge in [0.15, 0.2) is 6.61 Å². The molecule has 0 aliphatic carbocycles. The molecule has 0 radical (unpaired) electrons. The number of nitro groups is 1. The van der Waals surface area contributed by atoms with Crippen LogP contribution in [0.1, 0.15) is 47.8 Å². The highest BCUT2D eigenvalue weighted by Crippen LogP contribution is 2.38. The molecule has 0 saturated heterocycles. The van der Waals surface area contributed by atoms with E-state index in [1.54, 1.807) is 42.7 Å². The molecule has 0 spiro atoms. The number of rotatable bonds is 11. The standard InChI is InChI=1S/C41H49N3O14/c1-27-8-13-31-35(20-27)55-18-19-56-36-22-29(11-9-28-10-12-30(40(48)53-7)21-32(28)44(49)50)34(57-26-39(47)58-41(2,3)4)23-33(36)43(25-38(46)52-6)15-17-54-16-14-42(31)24-37(45)51-5/h8-13,20-23H,14-19,24-26H2,1-7H3. The van der Waals surface area contributed by atoms with Gasteiger partial charge in [0.2, 0.25) is 0 Å². The first-order chi connectivity index (χ1) is 27.6. The summed E-state index contributed by atoms with van der Waals surface area (Å²) in [5, 5.41) is 12.1. The molecule has 1 aliphatic heterocycles. The Bertz CT molecular complexity index is 1990. The Hall–Kier alpha value is -6.36. The van der Waals surface area contributed by atoms with Gasteiger partial charge in [-0.25, -0.2) is 9.59 Å². The van der Waals surface area contributed by atoms with E-state index in [4.69, 9.17) is 37.9 Å². The van der Waals surface area contributed by atoms with Gasteiger partial charge in [-0.2, -0.15) is 0 Å². The number of hydrogen-bond acceptors (Lipinski definition) is 16. The molecule has 1 aliphatic rings. The second-order valence-electron chi connectivity index (χ2n) is 13.9. The van der Waals surface area contributed by atoms with E-state index in [1.807, 2.05) is 25.1 Å². The Morgan fingerprint density at radius 3 is 1.95 bits per heavy atom. The Balaban J connectivity index is 1.82. The summed E-state index contributed by atoms with van der Waals surface area (Å²) in [6.07, 6.45) is 2.99. The van der Waals surface area contributed by atoms with Gasteiger partial charge < -0.3 is 47.7 Å². The summed E-state index contributed by atoms with van der Waals surface area (Å²) in [6.45, 7) is 7.12. The maximum absolute atomic E-state index is 12.8. The average molecular weight is 808 g/mol. The van der Waals surface area contributed by atoms with E-state index < -0.39 is 41.0 Å². The summed E-state index contributed by atoms with van der Waals surface area (Å²) in [4.78, 5) is 65.0. The van der Waals surface area contributed by atoms with Crippen molar-refractivity contribution in [2.24, 2.45) is 0 Å². The van der Waals surface area contributed by atoms with Crippen molar-refractivity contribution >= 4 is 53.1 Å². The van der Waals surface area contributed by atoms with Crippen molar-refractivity contribution < 1.29 is 62.0 Å². The van der Waals surface area contributed by atoms with Crippen LogP contribution >= 0.6 is 0 Å². The summed E-state index contributed by atoms with van der Waals surface area (Å²) in [5.74, 6) is -1.50. The van der Waals surface area contributed by atoms with E-state index in [0.29, 0.717) is 29.2 Å². The molecule has 4 rings (SSSR count). The van der Waals surface area contributed by atoms with Crippen LogP contribution in [0.4, 0.5) is 17.1 Å². The minimum Gasteiger partial charge on any atom is -0.488 e. The van der Waals surface area contributed by atoms with Gasteiger partial charge in [0.05, 0.1) is 62.0 Å². The topological polar surface area (TPSA) is 192 Å². The minimum absolute atomic E-state index is 0.00166. The molecule has 0 bridgehead atoms. The molecule has 17 heteroatoms. The number of aryl methyl sites for hydroxylation is 1. The zero-order chi connectivity index (χ0) is 42.4.